The molecular weight excluding hydrogens is 112 g/mol. The lowest BCUT2D eigenvalue weighted by Crippen LogP contribution is -2.20. The van der Waals surface area contributed by atoms with Gasteiger partial charge in [-0.2, -0.15) is 0 Å². The van der Waals surface area contributed by atoms with Crippen LogP contribution in [0.4, 0.5) is 0 Å². The van der Waals surface area contributed by atoms with Crippen LogP contribution in [0.15, 0.2) is 0 Å². The predicted molar refractivity (Wildman–Crippen MR) is 43.6 cm³/mol. The molecule has 0 aromatic carbocycles. The van der Waals surface area contributed by atoms with Crippen molar-refractivity contribution in [1.82, 2.24) is 4.90 Å². The van der Waals surface area contributed by atoms with E-state index in [0.29, 0.717) is 0 Å². The molecule has 0 amide bonds. The number of hydrogen-bond acceptors (Lipinski definition) is 2. The maximum absolute atomic E-state index is 5.19. The highest BCUT2D eigenvalue weighted by Gasteiger charge is 1.79. The van der Waals surface area contributed by atoms with Crippen molar-refractivity contribution in [1.29, 1.82) is 0 Å². The van der Waals surface area contributed by atoms with Gasteiger partial charge in [0.2, 0.25) is 0 Å². The van der Waals surface area contributed by atoms with Crippen molar-refractivity contribution in [2.75, 3.05) is 27.2 Å². The monoisotopic (exact) mass is 132 g/mol. The van der Waals surface area contributed by atoms with Crippen LogP contribution in [0.25, 0.3) is 0 Å². The van der Waals surface area contributed by atoms with Crippen LogP contribution in [0, 0.1) is 0 Å². The quantitative estimate of drug-likeness (QED) is 0.605. The summed E-state index contributed by atoms with van der Waals surface area (Å²) in [6, 6.07) is 0. The molecular formula is C7H20N2. The Morgan fingerprint density at radius 3 is 1.56 bits per heavy atom. The fourth-order valence-electron chi connectivity index (χ4n) is 0.258. The Labute approximate surface area is 59.0 Å². The molecule has 0 saturated carbocycles. The van der Waals surface area contributed by atoms with Gasteiger partial charge in [0.05, 0.1) is 0 Å². The van der Waals surface area contributed by atoms with E-state index in [1.807, 2.05) is 14.1 Å². The second-order valence-corrected chi connectivity index (χ2v) is 2.30. The standard InChI is InChI=1S/C4H12N2.C3H8/c1-6(2)4-3-5;1-3-2/h3-5H2,1-2H3;3H2,1-2H3. The Morgan fingerprint density at radius 2 is 1.56 bits per heavy atom. The molecule has 9 heavy (non-hydrogen) atoms. The molecule has 0 unspecified atom stereocenters. The summed E-state index contributed by atoms with van der Waals surface area (Å²) in [4.78, 5) is 2.06. The van der Waals surface area contributed by atoms with Crippen LogP contribution in [-0.4, -0.2) is 32.1 Å². The highest BCUT2D eigenvalue weighted by atomic mass is 15.1. The molecule has 58 valence electrons. The van der Waals surface area contributed by atoms with E-state index in [-0.39, 0.29) is 0 Å². The molecule has 0 bridgehead atoms. The van der Waals surface area contributed by atoms with Crippen molar-refractivity contribution < 1.29 is 0 Å². The first kappa shape index (κ1) is 11.7. The van der Waals surface area contributed by atoms with E-state index in [9.17, 15) is 0 Å². The third kappa shape index (κ3) is 32.6. The SMILES string of the molecule is CCC.CN(C)CCN. The normalized spacial score (nSPS) is 8.67. The van der Waals surface area contributed by atoms with E-state index < -0.39 is 0 Å². The van der Waals surface area contributed by atoms with Crippen LogP contribution in [0.3, 0.4) is 0 Å². The fraction of sp³-hybridized carbons (Fsp3) is 1.00. The van der Waals surface area contributed by atoms with Crippen LogP contribution in [0.5, 0.6) is 0 Å². The van der Waals surface area contributed by atoms with Crippen molar-refractivity contribution in [2.45, 2.75) is 20.3 Å². The van der Waals surface area contributed by atoms with Crippen molar-refractivity contribution in [2.24, 2.45) is 5.73 Å². The van der Waals surface area contributed by atoms with Gasteiger partial charge in [-0.1, -0.05) is 20.3 Å². The zero-order chi connectivity index (χ0) is 7.70. The van der Waals surface area contributed by atoms with Crippen LogP contribution in [0.1, 0.15) is 20.3 Å². The third-order valence-electron chi connectivity index (χ3n) is 0.576. The maximum Gasteiger partial charge on any atom is 0.00985 e. The summed E-state index contributed by atoms with van der Waals surface area (Å²) < 4.78 is 0. The van der Waals surface area contributed by atoms with E-state index in [1.165, 1.54) is 6.42 Å². The smallest absolute Gasteiger partial charge is 0.00985 e. The summed E-state index contributed by atoms with van der Waals surface area (Å²) in [5.41, 5.74) is 5.19. The maximum atomic E-state index is 5.19. The fourth-order valence-corrected chi connectivity index (χ4v) is 0.258. The van der Waals surface area contributed by atoms with Gasteiger partial charge in [0.1, 0.15) is 0 Å². The second-order valence-electron chi connectivity index (χ2n) is 2.30. The lowest BCUT2D eigenvalue weighted by atomic mass is 10.6. The van der Waals surface area contributed by atoms with Crippen molar-refractivity contribution in [3.05, 3.63) is 0 Å². The molecule has 0 aromatic rings. The Hall–Kier alpha value is -0.0800. The minimum absolute atomic E-state index is 0.757. The van der Waals surface area contributed by atoms with Gasteiger partial charge in [0.15, 0.2) is 0 Å². The number of nitrogens with two attached hydrogens (primary N) is 1. The lowest BCUT2D eigenvalue weighted by molar-refractivity contribution is 0.420. The molecule has 0 atom stereocenters. The molecule has 2 N–H and O–H groups in total. The van der Waals surface area contributed by atoms with Gasteiger partial charge in [0, 0.05) is 13.1 Å². The second kappa shape index (κ2) is 10.8. The van der Waals surface area contributed by atoms with E-state index in [2.05, 4.69) is 18.7 Å². The van der Waals surface area contributed by atoms with Crippen molar-refractivity contribution >= 4 is 0 Å². The molecule has 2 nitrogen and oxygen atoms in total. The van der Waals surface area contributed by atoms with E-state index >= 15 is 0 Å². The molecule has 0 aromatic heterocycles. The van der Waals surface area contributed by atoms with E-state index in [4.69, 9.17) is 5.73 Å². The minimum Gasteiger partial charge on any atom is -0.329 e. The molecule has 0 spiro atoms. The summed E-state index contributed by atoms with van der Waals surface area (Å²) in [6.07, 6.45) is 1.25. The highest BCUT2D eigenvalue weighted by Crippen LogP contribution is 1.64. The first-order valence-corrected chi connectivity index (χ1v) is 3.53. The Bertz CT molecular complexity index is 35.9. The Balaban J connectivity index is 0. The van der Waals surface area contributed by atoms with Crippen LogP contribution in [0.2, 0.25) is 0 Å². The lowest BCUT2D eigenvalue weighted by Gasteiger charge is -2.03. The topological polar surface area (TPSA) is 29.3 Å². The Kier molecular flexibility index (Phi) is 14.0. The molecule has 0 rings (SSSR count). The largest absolute Gasteiger partial charge is 0.329 e. The van der Waals surface area contributed by atoms with Gasteiger partial charge in [-0.3, -0.25) is 0 Å². The molecule has 0 aliphatic rings. The minimum atomic E-state index is 0.757. The summed E-state index contributed by atoms with van der Waals surface area (Å²) in [5, 5.41) is 0. The number of rotatable bonds is 2. The van der Waals surface area contributed by atoms with Gasteiger partial charge in [-0.15, -0.1) is 0 Å². The van der Waals surface area contributed by atoms with Gasteiger partial charge >= 0.3 is 0 Å². The molecule has 2 heteroatoms. The third-order valence-corrected chi connectivity index (χ3v) is 0.576. The first-order chi connectivity index (χ1) is 4.18. The van der Waals surface area contributed by atoms with Gasteiger partial charge in [0.25, 0.3) is 0 Å². The summed E-state index contributed by atoms with van der Waals surface area (Å²) in [7, 11) is 4.01. The van der Waals surface area contributed by atoms with Crippen LogP contribution in [-0.2, 0) is 0 Å². The molecule has 0 fully saturated rings. The summed E-state index contributed by atoms with van der Waals surface area (Å²) >= 11 is 0. The van der Waals surface area contributed by atoms with Crippen LogP contribution >= 0.6 is 0 Å². The molecule has 0 saturated heterocycles. The zero-order valence-corrected chi connectivity index (χ0v) is 7.15. The van der Waals surface area contributed by atoms with Crippen LogP contribution < -0.4 is 5.73 Å². The predicted octanol–water partition coefficient (Wildman–Crippen LogP) is 0.923. The molecule has 0 aliphatic heterocycles. The average Bonchev–Trinajstić information content (AvgIpc) is 1.67. The molecule has 0 radical (unpaired) electrons. The molecule has 0 aliphatic carbocycles. The molecule has 0 heterocycles. The van der Waals surface area contributed by atoms with E-state index in [0.717, 1.165) is 13.1 Å². The van der Waals surface area contributed by atoms with Gasteiger partial charge < -0.3 is 10.6 Å². The zero-order valence-electron chi connectivity index (χ0n) is 7.15. The van der Waals surface area contributed by atoms with E-state index in [1.54, 1.807) is 0 Å². The average molecular weight is 132 g/mol. The summed E-state index contributed by atoms with van der Waals surface area (Å²) in [6.45, 7) is 5.99. The summed E-state index contributed by atoms with van der Waals surface area (Å²) in [5.74, 6) is 0. The highest BCUT2D eigenvalue weighted by molar-refractivity contribution is 4.38. The van der Waals surface area contributed by atoms with Crippen molar-refractivity contribution in [3.8, 4) is 0 Å². The van der Waals surface area contributed by atoms with Gasteiger partial charge in [-0.05, 0) is 14.1 Å². The number of nitrogens with zero attached hydrogens (tertiary/aromatic N) is 1. The number of hydrogen-bond donors (Lipinski definition) is 1. The first-order valence-electron chi connectivity index (χ1n) is 3.53. The van der Waals surface area contributed by atoms with Gasteiger partial charge in [-0.25, -0.2) is 0 Å². The Morgan fingerprint density at radius 1 is 1.22 bits per heavy atom. The number of likely N-dealkylation sites (N-methyl/N-ethyl adjacent to an activating group) is 1. The van der Waals surface area contributed by atoms with Crippen molar-refractivity contribution in [3.63, 3.8) is 0 Å².